The van der Waals surface area contributed by atoms with Crippen LogP contribution in [0.5, 0.6) is 5.75 Å². The molecular weight excluding hydrogens is 941 g/mol. The Morgan fingerprint density at radius 2 is 1.39 bits per heavy atom. The van der Waals surface area contributed by atoms with Crippen molar-refractivity contribution in [3.05, 3.63) is 29.8 Å². The van der Waals surface area contributed by atoms with Crippen molar-refractivity contribution in [2.45, 2.75) is 127 Å². The molecule has 2 aliphatic rings. The van der Waals surface area contributed by atoms with Gasteiger partial charge in [-0.25, -0.2) is 0 Å². The minimum atomic E-state index is -1.75. The molecule has 1 aromatic carbocycles. The van der Waals surface area contributed by atoms with E-state index in [4.69, 9.17) is 22.9 Å². The lowest BCUT2D eigenvalue weighted by Crippen LogP contribution is -2.61. The van der Waals surface area contributed by atoms with Crippen LogP contribution in [0.1, 0.15) is 78.2 Å². The zero-order valence-corrected chi connectivity index (χ0v) is 40.7. The lowest BCUT2D eigenvalue weighted by Gasteiger charge is -2.31. The number of nitrogens with zero attached hydrogens (tertiary/aromatic N) is 1. The number of nitrogens with two attached hydrogens (primary N) is 4. The van der Waals surface area contributed by atoms with Crippen molar-refractivity contribution in [2.24, 2.45) is 34.8 Å². The van der Waals surface area contributed by atoms with Gasteiger partial charge in [-0.2, -0.15) is 0 Å². The predicted molar refractivity (Wildman–Crippen MR) is 254 cm³/mol. The van der Waals surface area contributed by atoms with E-state index >= 15 is 0 Å². The van der Waals surface area contributed by atoms with E-state index in [1.165, 1.54) is 29.2 Å². The summed E-state index contributed by atoms with van der Waals surface area (Å²) in [7, 11) is 2.05. The van der Waals surface area contributed by atoms with Crippen LogP contribution in [0.2, 0.25) is 0 Å². The summed E-state index contributed by atoms with van der Waals surface area (Å²) in [5.41, 5.74) is 22.9. The van der Waals surface area contributed by atoms with E-state index < -0.39 is 145 Å². The summed E-state index contributed by atoms with van der Waals surface area (Å²) in [4.78, 5) is 148. The van der Waals surface area contributed by atoms with Gasteiger partial charge in [0.2, 0.25) is 65.0 Å². The molecule has 1 aromatic rings. The van der Waals surface area contributed by atoms with E-state index in [-0.39, 0.29) is 49.0 Å². The molecule has 11 amide bonds. The van der Waals surface area contributed by atoms with E-state index in [0.29, 0.717) is 18.4 Å². The summed E-state index contributed by atoms with van der Waals surface area (Å²) in [5, 5.41) is 27.7. The number of phenolic OH excluding ortho intramolecular Hbond substituents is 1. The molecule has 69 heavy (non-hydrogen) atoms. The van der Waals surface area contributed by atoms with Crippen molar-refractivity contribution < 1.29 is 57.8 Å². The van der Waals surface area contributed by atoms with Gasteiger partial charge in [-0.1, -0.05) is 67.8 Å². The molecule has 2 aliphatic heterocycles. The van der Waals surface area contributed by atoms with Gasteiger partial charge in [0.15, 0.2) is 0 Å². The first kappa shape index (κ1) is 57.2. The van der Waals surface area contributed by atoms with Crippen molar-refractivity contribution in [3.63, 3.8) is 0 Å². The minimum absolute atomic E-state index is 0.0468. The van der Waals surface area contributed by atoms with Gasteiger partial charge in [0.1, 0.15) is 48.0 Å². The van der Waals surface area contributed by atoms with Crippen LogP contribution in [0, 0.1) is 11.8 Å². The van der Waals surface area contributed by atoms with Crippen LogP contribution in [0.3, 0.4) is 0 Å². The molecule has 0 aromatic heterocycles. The zero-order valence-electron chi connectivity index (χ0n) is 39.1. The highest BCUT2D eigenvalue weighted by molar-refractivity contribution is 8.76. The molecular formula is C43H66N12O12S2. The molecule has 2 fully saturated rings. The Balaban J connectivity index is 2.05. The molecule has 2 saturated heterocycles. The highest BCUT2D eigenvalue weighted by Crippen LogP contribution is 2.26. The molecule has 16 N–H and O–H groups in total. The van der Waals surface area contributed by atoms with Gasteiger partial charge in [0, 0.05) is 30.9 Å². The van der Waals surface area contributed by atoms with Crippen LogP contribution >= 0.6 is 21.6 Å². The van der Waals surface area contributed by atoms with E-state index in [1.54, 1.807) is 13.8 Å². The number of likely N-dealkylation sites (tertiary alicyclic amines) is 1. The topological polar surface area (TPSA) is 400 Å². The van der Waals surface area contributed by atoms with Gasteiger partial charge in [-0.05, 0) is 55.2 Å². The second-order valence-corrected chi connectivity index (χ2v) is 20.0. The zero-order chi connectivity index (χ0) is 51.5. The van der Waals surface area contributed by atoms with Crippen molar-refractivity contribution in [2.75, 3.05) is 24.6 Å². The Labute approximate surface area is 407 Å². The number of primary amides is 3. The second-order valence-electron chi connectivity index (χ2n) is 17.4. The maximum atomic E-state index is 14.5. The SMILES string of the molecule is CC[C@H](C)[C@@H]1NC(=O)[C@H](Cc2ccc(O)cc2)NC(=O)[C@@H](N)CSSC[C@@H](C(=O)N2CCC[C@H]2C(=O)N[C@@H](CC(C)C)C(=O)NCC(N)=O)NC(=O)[C@H](CC(N)=O)NC(=O)[C@@H](CCC(N)=O)NC1=O. The maximum Gasteiger partial charge on any atom is 0.246 e. The van der Waals surface area contributed by atoms with E-state index in [9.17, 15) is 57.8 Å². The van der Waals surface area contributed by atoms with Gasteiger partial charge >= 0.3 is 0 Å². The fourth-order valence-electron chi connectivity index (χ4n) is 7.34. The third-order valence-corrected chi connectivity index (χ3v) is 13.7. The van der Waals surface area contributed by atoms with Crippen molar-refractivity contribution >= 4 is 86.6 Å². The number of amides is 11. The number of rotatable bonds is 17. The molecule has 3 rings (SSSR count). The van der Waals surface area contributed by atoms with Crippen LogP contribution < -0.4 is 60.2 Å². The average Bonchev–Trinajstić information content (AvgIpc) is 3.78. The van der Waals surface area contributed by atoms with Crippen molar-refractivity contribution in [3.8, 4) is 5.75 Å². The Hall–Kier alpha value is -6.15. The highest BCUT2D eigenvalue weighted by Gasteiger charge is 2.41. The summed E-state index contributed by atoms with van der Waals surface area (Å²) in [6.07, 6.45) is -0.694. The van der Waals surface area contributed by atoms with Gasteiger partial charge in [0.25, 0.3) is 0 Å². The summed E-state index contributed by atoms with van der Waals surface area (Å²) in [6.45, 7) is 6.60. The molecule has 0 radical (unpaired) electrons. The monoisotopic (exact) mass is 1010 g/mol. The van der Waals surface area contributed by atoms with Crippen LogP contribution in [0.25, 0.3) is 0 Å². The molecule has 24 nitrogen and oxygen atoms in total. The van der Waals surface area contributed by atoms with Crippen LogP contribution in [-0.2, 0) is 59.2 Å². The number of carbonyl (C=O) groups excluding carboxylic acids is 11. The molecule has 0 spiro atoms. The summed E-state index contributed by atoms with van der Waals surface area (Å²) in [5.74, 6) is -10.4. The smallest absolute Gasteiger partial charge is 0.246 e. The molecule has 9 atom stereocenters. The summed E-state index contributed by atoms with van der Waals surface area (Å²) >= 11 is 0. The fraction of sp³-hybridized carbons (Fsp3) is 0.605. The quantitative estimate of drug-likeness (QED) is 0.0671. The Morgan fingerprint density at radius 3 is 2.00 bits per heavy atom. The number of hydrogen-bond acceptors (Lipinski definition) is 15. The highest BCUT2D eigenvalue weighted by atomic mass is 33.1. The number of benzene rings is 1. The number of hydrogen-bond donors (Lipinski definition) is 12. The third-order valence-electron chi connectivity index (χ3n) is 11.3. The number of aromatic hydroxyl groups is 1. The number of carbonyl (C=O) groups is 11. The standard InChI is InChI=1S/C43H66N12O12S2/c1-5-22(4)35-42(66)49-26(12-13-32(45)57)38(62)51-29(17-33(46)58)39(63)53-30(20-69-68-19-25(44)36(60)50-28(40(64)54-35)16-23-8-10-24(56)11-9-23)43(67)55-14-6-7-31(55)41(65)52-27(15-21(2)3)37(61)48-18-34(47)59/h8-11,21-22,25-31,35,56H,5-7,12-20,44H2,1-4H3,(H2,45,57)(H2,46,58)(H2,47,59)(H,48,61)(H,49,66)(H,50,60)(H,51,62)(H,52,65)(H,53,63)(H,54,64)/t22-,25-,26+,27-,28-,29-,30-,31-,35-/m0/s1. The molecule has 0 saturated carbocycles. The largest absolute Gasteiger partial charge is 0.508 e. The van der Waals surface area contributed by atoms with Gasteiger partial charge in [0.05, 0.1) is 19.0 Å². The number of nitrogens with one attached hydrogen (secondary N) is 7. The first-order valence-corrected chi connectivity index (χ1v) is 25.0. The van der Waals surface area contributed by atoms with E-state index in [0.717, 1.165) is 21.6 Å². The lowest BCUT2D eigenvalue weighted by molar-refractivity contribution is -0.142. The van der Waals surface area contributed by atoms with Crippen LogP contribution in [-0.4, -0.2) is 148 Å². The van der Waals surface area contributed by atoms with Gasteiger partial charge in [-0.15, -0.1) is 0 Å². The van der Waals surface area contributed by atoms with Crippen molar-refractivity contribution in [1.29, 1.82) is 0 Å². The third kappa shape index (κ3) is 18.7. The van der Waals surface area contributed by atoms with Crippen molar-refractivity contribution in [1.82, 2.24) is 42.1 Å². The normalized spacial score (nSPS) is 24.3. The maximum absolute atomic E-state index is 14.5. The number of phenols is 1. The van der Waals surface area contributed by atoms with Crippen LogP contribution in [0.15, 0.2) is 24.3 Å². The molecule has 26 heteroatoms. The molecule has 0 bridgehead atoms. The minimum Gasteiger partial charge on any atom is -0.508 e. The molecule has 0 aliphatic carbocycles. The van der Waals surface area contributed by atoms with E-state index in [2.05, 4.69) is 37.2 Å². The lowest BCUT2D eigenvalue weighted by atomic mass is 9.96. The first-order valence-electron chi connectivity index (χ1n) is 22.5. The average molecular weight is 1010 g/mol. The fourth-order valence-corrected chi connectivity index (χ4v) is 9.62. The van der Waals surface area contributed by atoms with Gasteiger partial charge < -0.3 is 70.2 Å². The molecule has 2 heterocycles. The van der Waals surface area contributed by atoms with Gasteiger partial charge in [-0.3, -0.25) is 52.7 Å². The Morgan fingerprint density at radius 1 is 0.783 bits per heavy atom. The molecule has 382 valence electrons. The first-order chi connectivity index (χ1) is 32.5. The van der Waals surface area contributed by atoms with E-state index in [1.807, 2.05) is 13.8 Å². The second kappa shape index (κ2) is 27.7. The Kier molecular flexibility index (Phi) is 23.0. The summed E-state index contributed by atoms with van der Waals surface area (Å²) in [6, 6.07) is -5.05. The summed E-state index contributed by atoms with van der Waals surface area (Å²) < 4.78 is 0. The molecule has 0 unspecified atom stereocenters. The van der Waals surface area contributed by atoms with Crippen LogP contribution in [0.4, 0.5) is 0 Å². The predicted octanol–water partition coefficient (Wildman–Crippen LogP) is -3.61. The Bertz CT molecular complexity index is 2050.